The Kier molecular flexibility index (Phi) is 5.29. The van der Waals surface area contributed by atoms with Crippen molar-refractivity contribution in [2.45, 2.75) is 13.8 Å². The van der Waals surface area contributed by atoms with Gasteiger partial charge in [0.15, 0.2) is 6.29 Å². The predicted octanol–water partition coefficient (Wildman–Crippen LogP) is 2.40. The van der Waals surface area contributed by atoms with Crippen LogP contribution in [0.2, 0.25) is 0 Å². The van der Waals surface area contributed by atoms with E-state index in [1.165, 1.54) is 0 Å². The second kappa shape index (κ2) is 6.11. The van der Waals surface area contributed by atoms with Crippen molar-refractivity contribution in [1.29, 1.82) is 5.26 Å². The highest BCUT2D eigenvalue weighted by atomic mass is 16.1. The van der Waals surface area contributed by atoms with Crippen LogP contribution in [0.25, 0.3) is 0 Å². The molecule has 0 radical (unpaired) electrons. The van der Waals surface area contributed by atoms with E-state index in [1.807, 2.05) is 19.9 Å². The molecule has 1 aromatic rings. The summed E-state index contributed by atoms with van der Waals surface area (Å²) in [6.45, 7) is 4.00. The minimum atomic E-state index is 0.428. The Labute approximate surface area is 72.5 Å². The van der Waals surface area contributed by atoms with Gasteiger partial charge in [0.05, 0.1) is 11.6 Å². The van der Waals surface area contributed by atoms with Crippen LogP contribution in [-0.4, -0.2) is 6.29 Å². The highest BCUT2D eigenvalue weighted by Crippen LogP contribution is 2.02. The number of nitrogens with zero attached hydrogens (tertiary/aromatic N) is 1. The van der Waals surface area contributed by atoms with Gasteiger partial charge in [0, 0.05) is 5.56 Å². The lowest BCUT2D eigenvalue weighted by Gasteiger charge is -1.89. The lowest BCUT2D eigenvalue weighted by molar-refractivity contribution is 0.112. The molecule has 1 aromatic carbocycles. The van der Waals surface area contributed by atoms with E-state index >= 15 is 0 Å². The van der Waals surface area contributed by atoms with Crippen molar-refractivity contribution in [1.82, 2.24) is 0 Å². The van der Waals surface area contributed by atoms with Gasteiger partial charge in [-0.1, -0.05) is 32.0 Å². The summed E-state index contributed by atoms with van der Waals surface area (Å²) in [7, 11) is 0. The Balaban J connectivity index is 0.000000561. The Morgan fingerprint density at radius 3 is 2.33 bits per heavy atom. The van der Waals surface area contributed by atoms with E-state index in [1.54, 1.807) is 24.3 Å². The second-order valence-corrected chi connectivity index (χ2v) is 1.82. The first-order valence-electron chi connectivity index (χ1n) is 3.83. The van der Waals surface area contributed by atoms with Gasteiger partial charge in [-0.05, 0) is 6.07 Å². The molecule has 0 atom stereocenters. The molecule has 0 aromatic heterocycles. The molecule has 62 valence electrons. The van der Waals surface area contributed by atoms with E-state index in [-0.39, 0.29) is 0 Å². The first-order chi connectivity index (χ1) is 5.88. The van der Waals surface area contributed by atoms with Crippen LogP contribution in [0.15, 0.2) is 24.3 Å². The molecule has 0 aliphatic carbocycles. The summed E-state index contributed by atoms with van der Waals surface area (Å²) in [5.74, 6) is 0. The van der Waals surface area contributed by atoms with Crippen molar-refractivity contribution in [2.24, 2.45) is 0 Å². The third kappa shape index (κ3) is 2.55. The Morgan fingerprint density at radius 1 is 1.33 bits per heavy atom. The number of carbonyl (C=O) groups is 1. The third-order valence-corrected chi connectivity index (χ3v) is 1.21. The molecule has 0 unspecified atom stereocenters. The quantitative estimate of drug-likeness (QED) is 0.593. The van der Waals surface area contributed by atoms with Gasteiger partial charge in [0.2, 0.25) is 0 Å². The Bertz CT molecular complexity index is 286. The van der Waals surface area contributed by atoms with Crippen LogP contribution in [0.1, 0.15) is 29.8 Å². The van der Waals surface area contributed by atoms with Crippen LogP contribution in [0.3, 0.4) is 0 Å². The molecule has 2 heteroatoms. The first-order valence-corrected chi connectivity index (χ1v) is 3.83. The van der Waals surface area contributed by atoms with Crippen LogP contribution in [0.5, 0.6) is 0 Å². The second-order valence-electron chi connectivity index (χ2n) is 1.82. The van der Waals surface area contributed by atoms with Crippen molar-refractivity contribution >= 4 is 6.29 Å². The van der Waals surface area contributed by atoms with Crippen molar-refractivity contribution in [3.63, 3.8) is 0 Å². The topological polar surface area (TPSA) is 40.9 Å². The number of nitriles is 1. The largest absolute Gasteiger partial charge is 0.298 e. The van der Waals surface area contributed by atoms with E-state index in [0.717, 1.165) is 0 Å². The lowest BCUT2D eigenvalue weighted by atomic mass is 10.1. The van der Waals surface area contributed by atoms with Crippen LogP contribution in [0.4, 0.5) is 0 Å². The van der Waals surface area contributed by atoms with Gasteiger partial charge >= 0.3 is 0 Å². The molecular formula is C10H11NO. The molecule has 0 bridgehead atoms. The smallest absolute Gasteiger partial charge is 0.151 e. The number of carbonyl (C=O) groups excluding carboxylic acids is 1. The SMILES string of the molecule is CC.N#Cc1ccccc1C=O. The summed E-state index contributed by atoms with van der Waals surface area (Å²) in [4.78, 5) is 10.2. The number of aldehydes is 1. The van der Waals surface area contributed by atoms with Gasteiger partial charge in [-0.3, -0.25) is 4.79 Å². The zero-order valence-corrected chi connectivity index (χ0v) is 7.24. The molecular weight excluding hydrogens is 150 g/mol. The van der Waals surface area contributed by atoms with E-state index in [4.69, 9.17) is 5.26 Å². The highest BCUT2D eigenvalue weighted by molar-refractivity contribution is 5.78. The van der Waals surface area contributed by atoms with Crippen molar-refractivity contribution in [3.8, 4) is 6.07 Å². The van der Waals surface area contributed by atoms with Gasteiger partial charge in [0.1, 0.15) is 0 Å². The highest BCUT2D eigenvalue weighted by Gasteiger charge is 1.95. The predicted molar refractivity (Wildman–Crippen MR) is 47.9 cm³/mol. The lowest BCUT2D eigenvalue weighted by Crippen LogP contribution is -1.84. The monoisotopic (exact) mass is 161 g/mol. The van der Waals surface area contributed by atoms with Gasteiger partial charge in [-0.15, -0.1) is 0 Å². The molecule has 0 saturated carbocycles. The van der Waals surface area contributed by atoms with Crippen LogP contribution < -0.4 is 0 Å². The molecule has 2 nitrogen and oxygen atoms in total. The Hall–Kier alpha value is -1.62. The number of hydrogen-bond donors (Lipinski definition) is 0. The zero-order valence-electron chi connectivity index (χ0n) is 7.24. The van der Waals surface area contributed by atoms with Crippen molar-refractivity contribution in [3.05, 3.63) is 35.4 Å². The van der Waals surface area contributed by atoms with E-state index < -0.39 is 0 Å². The molecule has 12 heavy (non-hydrogen) atoms. The van der Waals surface area contributed by atoms with E-state index in [2.05, 4.69) is 0 Å². The number of rotatable bonds is 1. The molecule has 0 fully saturated rings. The van der Waals surface area contributed by atoms with Crippen molar-refractivity contribution < 1.29 is 4.79 Å². The third-order valence-electron chi connectivity index (χ3n) is 1.21. The summed E-state index contributed by atoms with van der Waals surface area (Å²) in [5, 5.41) is 8.44. The normalized spacial score (nSPS) is 7.42. The van der Waals surface area contributed by atoms with Crippen molar-refractivity contribution in [2.75, 3.05) is 0 Å². The average molecular weight is 161 g/mol. The average Bonchev–Trinajstić information content (AvgIpc) is 2.20. The molecule has 0 amide bonds. The maximum absolute atomic E-state index is 10.2. The maximum atomic E-state index is 10.2. The van der Waals surface area contributed by atoms with Crippen LogP contribution >= 0.6 is 0 Å². The number of hydrogen-bond acceptors (Lipinski definition) is 2. The van der Waals surface area contributed by atoms with Gasteiger partial charge in [-0.25, -0.2) is 0 Å². The van der Waals surface area contributed by atoms with E-state index in [0.29, 0.717) is 17.4 Å². The number of benzene rings is 1. The first kappa shape index (κ1) is 10.4. The van der Waals surface area contributed by atoms with Crippen LogP contribution in [0, 0.1) is 11.3 Å². The molecule has 0 spiro atoms. The van der Waals surface area contributed by atoms with Gasteiger partial charge in [0.25, 0.3) is 0 Å². The van der Waals surface area contributed by atoms with Gasteiger partial charge in [-0.2, -0.15) is 5.26 Å². The zero-order chi connectivity index (χ0) is 9.40. The van der Waals surface area contributed by atoms with Crippen LogP contribution in [-0.2, 0) is 0 Å². The molecule has 0 saturated heterocycles. The minimum Gasteiger partial charge on any atom is -0.298 e. The summed E-state index contributed by atoms with van der Waals surface area (Å²) in [6, 6.07) is 8.60. The summed E-state index contributed by atoms with van der Waals surface area (Å²) in [6.07, 6.45) is 0.679. The fourth-order valence-corrected chi connectivity index (χ4v) is 0.702. The maximum Gasteiger partial charge on any atom is 0.151 e. The van der Waals surface area contributed by atoms with E-state index in [9.17, 15) is 4.79 Å². The summed E-state index contributed by atoms with van der Waals surface area (Å²) in [5.41, 5.74) is 0.877. The Morgan fingerprint density at radius 2 is 1.92 bits per heavy atom. The molecule has 0 N–H and O–H groups in total. The minimum absolute atomic E-state index is 0.428. The van der Waals surface area contributed by atoms with Gasteiger partial charge < -0.3 is 0 Å². The fourth-order valence-electron chi connectivity index (χ4n) is 0.702. The fraction of sp³-hybridized carbons (Fsp3) is 0.200. The molecule has 0 aliphatic rings. The summed E-state index contributed by atoms with van der Waals surface area (Å²) >= 11 is 0. The molecule has 0 heterocycles. The molecule has 1 rings (SSSR count). The standard InChI is InChI=1S/C8H5NO.C2H6/c9-5-7-3-1-2-4-8(7)6-10;1-2/h1-4,6H;1-2H3. The molecule has 0 aliphatic heterocycles. The summed E-state index contributed by atoms with van der Waals surface area (Å²) < 4.78 is 0.